The first-order valence-electron chi connectivity index (χ1n) is 8.90. The van der Waals surface area contributed by atoms with Gasteiger partial charge in [0.15, 0.2) is 0 Å². The van der Waals surface area contributed by atoms with Crippen LogP contribution in [-0.2, 0) is 18.3 Å². The van der Waals surface area contributed by atoms with Crippen molar-refractivity contribution in [2.75, 3.05) is 0 Å². The summed E-state index contributed by atoms with van der Waals surface area (Å²) in [5.41, 5.74) is 5.95. The van der Waals surface area contributed by atoms with Gasteiger partial charge in [-0.05, 0) is 30.2 Å². The maximum absolute atomic E-state index is 4.77. The monoisotopic (exact) mass is 364 g/mol. The fraction of sp³-hybridized carbons (Fsp3) is 0.368. The van der Waals surface area contributed by atoms with Gasteiger partial charge in [0, 0.05) is 16.8 Å². The Balaban J connectivity index is 1.56. The second-order valence-electron chi connectivity index (χ2n) is 7.84. The third-order valence-electron chi connectivity index (χ3n) is 5.01. The topological polar surface area (TPSA) is 71.8 Å². The molecule has 0 unspecified atom stereocenters. The molecule has 132 valence electrons. The first-order valence-corrected chi connectivity index (χ1v) is 9.72. The predicted molar refractivity (Wildman–Crippen MR) is 102 cm³/mol. The largest absolute Gasteiger partial charge is 0.282 e. The molecule has 3 heterocycles. The third kappa shape index (κ3) is 2.38. The van der Waals surface area contributed by atoms with Crippen molar-refractivity contribution >= 4 is 16.3 Å². The molecule has 0 fully saturated rings. The van der Waals surface area contributed by atoms with E-state index in [1.165, 1.54) is 23.2 Å². The molecule has 0 saturated carbocycles. The van der Waals surface area contributed by atoms with Crippen LogP contribution >= 0.6 is 11.3 Å². The number of rotatable bonds is 2. The highest BCUT2D eigenvalue weighted by Crippen LogP contribution is 2.32. The number of hydrogen-bond donors (Lipinski definition) is 1. The molecule has 1 aromatic carbocycles. The summed E-state index contributed by atoms with van der Waals surface area (Å²) in [4.78, 5) is 0.796. The van der Waals surface area contributed by atoms with Crippen LogP contribution in [0.1, 0.15) is 44.0 Å². The predicted octanol–water partition coefficient (Wildman–Crippen LogP) is 4.03. The maximum atomic E-state index is 4.77. The molecule has 6 nitrogen and oxygen atoms in total. The smallest absolute Gasteiger partial charge is 0.235 e. The minimum atomic E-state index is 0.146. The van der Waals surface area contributed by atoms with Crippen molar-refractivity contribution in [3.05, 3.63) is 41.1 Å². The molecule has 1 aliphatic rings. The summed E-state index contributed by atoms with van der Waals surface area (Å²) in [6.45, 7) is 6.67. The molecular weight excluding hydrogens is 344 g/mol. The van der Waals surface area contributed by atoms with Crippen LogP contribution in [0, 0.1) is 0 Å². The van der Waals surface area contributed by atoms with E-state index in [-0.39, 0.29) is 5.41 Å². The summed E-state index contributed by atoms with van der Waals surface area (Å²) in [7, 11) is 0. The number of nitrogens with zero attached hydrogens (tertiary/aromatic N) is 5. The van der Waals surface area contributed by atoms with E-state index in [2.05, 4.69) is 65.4 Å². The quantitative estimate of drug-likeness (QED) is 0.583. The van der Waals surface area contributed by atoms with Crippen LogP contribution in [0.15, 0.2) is 24.3 Å². The zero-order chi connectivity index (χ0) is 17.9. The number of hydrogen-bond acceptors (Lipinski definition) is 5. The van der Waals surface area contributed by atoms with Crippen molar-refractivity contribution in [1.82, 2.24) is 30.0 Å². The lowest BCUT2D eigenvalue weighted by molar-refractivity contribution is 0.590. The van der Waals surface area contributed by atoms with Crippen LogP contribution in [-0.4, -0.2) is 30.0 Å². The number of H-pyrrole nitrogens is 1. The maximum Gasteiger partial charge on any atom is 0.235 e. The van der Waals surface area contributed by atoms with E-state index in [0.717, 1.165) is 39.9 Å². The molecule has 3 aromatic heterocycles. The van der Waals surface area contributed by atoms with Crippen LogP contribution in [0.3, 0.4) is 0 Å². The molecule has 0 bridgehead atoms. The number of nitrogens with one attached hydrogen (secondary N) is 1. The lowest BCUT2D eigenvalue weighted by atomic mass is 9.87. The number of benzene rings is 1. The summed E-state index contributed by atoms with van der Waals surface area (Å²) in [5.74, 6) is 0.730. The lowest BCUT2D eigenvalue weighted by Gasteiger charge is -2.18. The molecule has 0 saturated heterocycles. The van der Waals surface area contributed by atoms with E-state index < -0.39 is 0 Å². The lowest BCUT2D eigenvalue weighted by Crippen LogP contribution is -2.10. The zero-order valence-corrected chi connectivity index (χ0v) is 15.9. The molecule has 5 rings (SSSR count). The number of aromatic amines is 1. The Kier molecular flexibility index (Phi) is 3.31. The van der Waals surface area contributed by atoms with Gasteiger partial charge in [0.1, 0.15) is 10.7 Å². The van der Waals surface area contributed by atoms with Gasteiger partial charge in [-0.25, -0.2) is 0 Å². The van der Waals surface area contributed by atoms with E-state index in [0.29, 0.717) is 0 Å². The molecule has 7 heteroatoms. The normalized spacial score (nSPS) is 14.3. The minimum Gasteiger partial charge on any atom is -0.282 e. The summed E-state index contributed by atoms with van der Waals surface area (Å²) >= 11 is 1.56. The van der Waals surface area contributed by atoms with E-state index in [1.807, 2.05) is 4.52 Å². The number of fused-ring (bicyclic) bond motifs is 2. The van der Waals surface area contributed by atoms with Gasteiger partial charge in [-0.1, -0.05) is 56.4 Å². The molecule has 0 atom stereocenters. The Morgan fingerprint density at radius 1 is 1.08 bits per heavy atom. The molecule has 4 aromatic rings. The minimum absolute atomic E-state index is 0.146. The van der Waals surface area contributed by atoms with Crippen molar-refractivity contribution in [1.29, 1.82) is 0 Å². The summed E-state index contributed by atoms with van der Waals surface area (Å²) in [6.07, 6.45) is 3.27. The molecule has 0 radical (unpaired) electrons. The first kappa shape index (κ1) is 15.7. The Bertz CT molecular complexity index is 1090. The summed E-state index contributed by atoms with van der Waals surface area (Å²) < 4.78 is 1.83. The highest BCUT2D eigenvalue weighted by Gasteiger charge is 2.24. The Hall–Kier alpha value is -2.54. The van der Waals surface area contributed by atoms with Gasteiger partial charge in [-0.15, -0.1) is 10.2 Å². The molecule has 26 heavy (non-hydrogen) atoms. The highest BCUT2D eigenvalue weighted by atomic mass is 32.1. The average Bonchev–Trinajstić information content (AvgIpc) is 3.34. The van der Waals surface area contributed by atoms with Gasteiger partial charge in [0.05, 0.1) is 0 Å². The molecule has 1 N–H and O–H groups in total. The number of aryl methyl sites for hydroxylation is 1. The highest BCUT2D eigenvalue weighted by molar-refractivity contribution is 7.19. The van der Waals surface area contributed by atoms with Crippen LogP contribution in [0.4, 0.5) is 0 Å². The summed E-state index contributed by atoms with van der Waals surface area (Å²) in [6, 6.07) is 8.63. The van der Waals surface area contributed by atoms with Crippen molar-refractivity contribution in [2.24, 2.45) is 0 Å². The van der Waals surface area contributed by atoms with Gasteiger partial charge >= 0.3 is 0 Å². The van der Waals surface area contributed by atoms with E-state index in [9.17, 15) is 0 Å². The van der Waals surface area contributed by atoms with Gasteiger partial charge in [0.2, 0.25) is 10.8 Å². The van der Waals surface area contributed by atoms with Gasteiger partial charge < -0.3 is 0 Å². The van der Waals surface area contributed by atoms with Crippen LogP contribution in [0.5, 0.6) is 0 Å². The van der Waals surface area contributed by atoms with E-state index >= 15 is 0 Å². The van der Waals surface area contributed by atoms with Gasteiger partial charge in [-0.2, -0.15) is 14.7 Å². The average molecular weight is 364 g/mol. The fourth-order valence-electron chi connectivity index (χ4n) is 3.50. The van der Waals surface area contributed by atoms with Crippen molar-refractivity contribution in [2.45, 2.75) is 45.4 Å². The van der Waals surface area contributed by atoms with Crippen LogP contribution < -0.4 is 0 Å². The van der Waals surface area contributed by atoms with E-state index in [4.69, 9.17) is 5.10 Å². The zero-order valence-electron chi connectivity index (χ0n) is 15.1. The van der Waals surface area contributed by atoms with Crippen molar-refractivity contribution in [3.63, 3.8) is 0 Å². The third-order valence-corrected chi connectivity index (χ3v) is 5.95. The molecule has 0 aliphatic heterocycles. The van der Waals surface area contributed by atoms with E-state index in [1.54, 1.807) is 11.3 Å². The first-order chi connectivity index (χ1) is 12.5. The second-order valence-corrected chi connectivity index (χ2v) is 8.79. The summed E-state index contributed by atoms with van der Waals surface area (Å²) in [5, 5.41) is 22.0. The standard InChI is InChI=1S/C19H20N6S/c1-19(2,3)12-9-7-11(8-10-12)17-24-25-16(22-23-18(25)26-17)15-13-5-4-6-14(13)20-21-15/h7-10H,4-6H2,1-3H3,(H,20,21). The van der Waals surface area contributed by atoms with Crippen molar-refractivity contribution in [3.8, 4) is 22.1 Å². The Labute approximate surface area is 155 Å². The van der Waals surface area contributed by atoms with Gasteiger partial charge in [-0.3, -0.25) is 5.10 Å². The van der Waals surface area contributed by atoms with Crippen LogP contribution in [0.2, 0.25) is 0 Å². The Morgan fingerprint density at radius 3 is 2.65 bits per heavy atom. The molecular formula is C19H20N6S. The Morgan fingerprint density at radius 2 is 1.88 bits per heavy atom. The van der Waals surface area contributed by atoms with Crippen LogP contribution in [0.25, 0.3) is 27.1 Å². The SMILES string of the molecule is CC(C)(C)c1ccc(-c2nn3c(-c4n[nH]c5c4CCC5)nnc3s2)cc1. The number of aromatic nitrogens is 6. The van der Waals surface area contributed by atoms with Gasteiger partial charge in [0.25, 0.3) is 0 Å². The molecule has 0 amide bonds. The second kappa shape index (κ2) is 5.48. The molecule has 1 aliphatic carbocycles. The fourth-order valence-corrected chi connectivity index (χ4v) is 4.34. The van der Waals surface area contributed by atoms with Crippen molar-refractivity contribution < 1.29 is 0 Å². The molecule has 0 spiro atoms.